The van der Waals surface area contributed by atoms with Crippen LogP contribution in [-0.2, 0) is 9.84 Å². The fraction of sp³-hybridized carbons (Fsp3) is 0.714. The number of sulfone groups is 1. The Bertz CT molecular complexity index is 576. The van der Waals surface area contributed by atoms with Crippen molar-refractivity contribution in [3.05, 3.63) is 18.1 Å². The van der Waals surface area contributed by atoms with Gasteiger partial charge in [0.15, 0.2) is 0 Å². The molecule has 0 spiro atoms. The largest absolute Gasteiger partial charge is 0.356 e. The summed E-state index contributed by atoms with van der Waals surface area (Å²) in [6.07, 6.45) is 7.44. The zero-order valence-electron chi connectivity index (χ0n) is 11.8. The molecule has 6 heteroatoms. The molecule has 0 aromatic carbocycles. The second kappa shape index (κ2) is 5.31. The van der Waals surface area contributed by atoms with Crippen LogP contribution in [0, 0.1) is 5.92 Å². The number of rotatable bonds is 4. The molecule has 0 radical (unpaired) electrons. The van der Waals surface area contributed by atoms with Crippen molar-refractivity contribution in [2.45, 2.75) is 31.6 Å². The molecule has 0 atom stereocenters. The van der Waals surface area contributed by atoms with Crippen molar-refractivity contribution in [2.75, 3.05) is 30.0 Å². The van der Waals surface area contributed by atoms with Crippen molar-refractivity contribution < 1.29 is 8.42 Å². The Morgan fingerprint density at radius 1 is 1.25 bits per heavy atom. The van der Waals surface area contributed by atoms with Crippen LogP contribution in [0.3, 0.4) is 0 Å². The van der Waals surface area contributed by atoms with Gasteiger partial charge < -0.3 is 4.90 Å². The summed E-state index contributed by atoms with van der Waals surface area (Å²) in [5, 5.41) is 0. The Balaban J connectivity index is 1.61. The van der Waals surface area contributed by atoms with Crippen molar-refractivity contribution >= 4 is 15.7 Å². The first-order chi connectivity index (χ1) is 9.51. The molecule has 0 N–H and O–H groups in total. The molecular formula is C14H21N3O2S. The lowest BCUT2D eigenvalue weighted by Crippen LogP contribution is -2.36. The Morgan fingerprint density at radius 3 is 2.55 bits per heavy atom. The molecule has 0 amide bonds. The quantitative estimate of drug-likeness (QED) is 0.844. The van der Waals surface area contributed by atoms with Crippen LogP contribution in [0.15, 0.2) is 12.3 Å². The third kappa shape index (κ3) is 3.48. The summed E-state index contributed by atoms with van der Waals surface area (Å²) in [5.41, 5.74) is 0. The van der Waals surface area contributed by atoms with E-state index in [1.165, 1.54) is 19.1 Å². The third-order valence-electron chi connectivity index (χ3n) is 4.08. The van der Waals surface area contributed by atoms with E-state index in [2.05, 4.69) is 14.9 Å². The summed E-state index contributed by atoms with van der Waals surface area (Å²) in [6, 6.07) is 1.96. The fourth-order valence-electron chi connectivity index (χ4n) is 2.84. The average Bonchev–Trinajstić information content (AvgIpc) is 3.22. The lowest BCUT2D eigenvalue weighted by atomic mass is 9.99. The van der Waals surface area contributed by atoms with Crippen molar-refractivity contribution in [1.29, 1.82) is 0 Å². The highest BCUT2D eigenvalue weighted by molar-refractivity contribution is 7.90. The second-order valence-corrected chi connectivity index (χ2v) is 8.25. The van der Waals surface area contributed by atoms with Crippen LogP contribution in [0.25, 0.3) is 0 Å². The number of piperidine rings is 1. The van der Waals surface area contributed by atoms with Gasteiger partial charge in [0.05, 0.1) is 5.75 Å². The molecule has 1 aromatic heterocycles. The molecule has 2 heterocycles. The van der Waals surface area contributed by atoms with E-state index in [4.69, 9.17) is 0 Å². The molecule has 20 heavy (non-hydrogen) atoms. The standard InChI is InChI=1S/C14H21N3O2S/c1-20(18,19)10-11-5-8-17(9-6-11)13-4-7-15-14(16-13)12-2-3-12/h4,7,11-12H,2-3,5-6,8-10H2,1H3. The molecule has 3 rings (SSSR count). The summed E-state index contributed by atoms with van der Waals surface area (Å²) in [5.74, 6) is 3.15. The smallest absolute Gasteiger partial charge is 0.147 e. The van der Waals surface area contributed by atoms with E-state index < -0.39 is 9.84 Å². The number of aromatic nitrogens is 2. The Morgan fingerprint density at radius 2 is 1.95 bits per heavy atom. The van der Waals surface area contributed by atoms with Gasteiger partial charge in [-0.15, -0.1) is 0 Å². The molecule has 5 nitrogen and oxygen atoms in total. The van der Waals surface area contributed by atoms with E-state index in [0.717, 1.165) is 37.6 Å². The van der Waals surface area contributed by atoms with Crippen molar-refractivity contribution in [3.8, 4) is 0 Å². The molecule has 1 saturated carbocycles. The maximum Gasteiger partial charge on any atom is 0.147 e. The van der Waals surface area contributed by atoms with E-state index in [1.54, 1.807) is 0 Å². The molecular weight excluding hydrogens is 274 g/mol. The molecule has 2 fully saturated rings. The van der Waals surface area contributed by atoms with Crippen LogP contribution in [0.5, 0.6) is 0 Å². The van der Waals surface area contributed by atoms with Gasteiger partial charge in [-0.3, -0.25) is 0 Å². The molecule has 1 aliphatic carbocycles. The number of anilines is 1. The van der Waals surface area contributed by atoms with Gasteiger partial charge in [-0.2, -0.15) is 0 Å². The molecule has 2 aliphatic rings. The first-order valence-electron chi connectivity index (χ1n) is 7.27. The van der Waals surface area contributed by atoms with Gasteiger partial charge in [-0.25, -0.2) is 18.4 Å². The highest BCUT2D eigenvalue weighted by atomic mass is 32.2. The number of hydrogen-bond acceptors (Lipinski definition) is 5. The van der Waals surface area contributed by atoms with Crippen LogP contribution in [0.2, 0.25) is 0 Å². The zero-order chi connectivity index (χ0) is 14.2. The summed E-state index contributed by atoms with van der Waals surface area (Å²) in [4.78, 5) is 11.3. The van der Waals surface area contributed by atoms with Crippen LogP contribution >= 0.6 is 0 Å². The van der Waals surface area contributed by atoms with Crippen LogP contribution in [-0.4, -0.2) is 43.5 Å². The minimum Gasteiger partial charge on any atom is -0.356 e. The molecule has 1 aromatic rings. The van der Waals surface area contributed by atoms with Gasteiger partial charge in [0.25, 0.3) is 0 Å². The van der Waals surface area contributed by atoms with Gasteiger partial charge in [-0.1, -0.05) is 0 Å². The number of hydrogen-bond donors (Lipinski definition) is 0. The Hall–Kier alpha value is -1.17. The Kier molecular flexibility index (Phi) is 3.67. The van der Waals surface area contributed by atoms with Gasteiger partial charge in [0, 0.05) is 31.5 Å². The van der Waals surface area contributed by atoms with E-state index >= 15 is 0 Å². The van der Waals surface area contributed by atoms with E-state index in [0.29, 0.717) is 17.6 Å². The van der Waals surface area contributed by atoms with E-state index in [9.17, 15) is 8.42 Å². The van der Waals surface area contributed by atoms with Crippen molar-refractivity contribution in [1.82, 2.24) is 9.97 Å². The van der Waals surface area contributed by atoms with Gasteiger partial charge in [0.1, 0.15) is 21.5 Å². The summed E-state index contributed by atoms with van der Waals surface area (Å²) < 4.78 is 22.7. The maximum atomic E-state index is 11.3. The predicted octanol–water partition coefficient (Wildman–Crippen LogP) is 1.61. The molecule has 0 unspecified atom stereocenters. The van der Waals surface area contributed by atoms with Crippen LogP contribution < -0.4 is 4.90 Å². The highest BCUT2D eigenvalue weighted by Gasteiger charge is 2.28. The first kappa shape index (κ1) is 13.8. The zero-order valence-corrected chi connectivity index (χ0v) is 12.6. The van der Waals surface area contributed by atoms with Gasteiger partial charge >= 0.3 is 0 Å². The lowest BCUT2D eigenvalue weighted by Gasteiger charge is -2.32. The second-order valence-electron chi connectivity index (χ2n) is 6.07. The first-order valence-corrected chi connectivity index (χ1v) is 9.33. The lowest BCUT2D eigenvalue weighted by molar-refractivity contribution is 0.434. The predicted molar refractivity (Wildman–Crippen MR) is 78.7 cm³/mol. The monoisotopic (exact) mass is 295 g/mol. The maximum absolute atomic E-state index is 11.3. The normalized spacial score (nSPS) is 21.1. The fourth-order valence-corrected chi connectivity index (χ4v) is 4.02. The molecule has 110 valence electrons. The SMILES string of the molecule is CS(=O)(=O)CC1CCN(c2ccnc(C3CC3)n2)CC1. The minimum absolute atomic E-state index is 0.297. The van der Waals surface area contributed by atoms with E-state index in [1.807, 2.05) is 12.3 Å². The topological polar surface area (TPSA) is 63.2 Å². The van der Waals surface area contributed by atoms with Crippen molar-refractivity contribution in [3.63, 3.8) is 0 Å². The van der Waals surface area contributed by atoms with Crippen LogP contribution in [0.1, 0.15) is 37.4 Å². The van der Waals surface area contributed by atoms with Crippen LogP contribution in [0.4, 0.5) is 5.82 Å². The average molecular weight is 295 g/mol. The highest BCUT2D eigenvalue weighted by Crippen LogP contribution is 2.38. The number of nitrogens with zero attached hydrogens (tertiary/aromatic N) is 3. The third-order valence-corrected chi connectivity index (χ3v) is 5.16. The van der Waals surface area contributed by atoms with Gasteiger partial charge in [0.2, 0.25) is 0 Å². The Labute approximate surface area is 120 Å². The molecule has 0 bridgehead atoms. The summed E-state index contributed by atoms with van der Waals surface area (Å²) in [7, 11) is -2.86. The molecule has 1 saturated heterocycles. The summed E-state index contributed by atoms with van der Waals surface area (Å²) >= 11 is 0. The van der Waals surface area contributed by atoms with E-state index in [-0.39, 0.29) is 0 Å². The van der Waals surface area contributed by atoms with Gasteiger partial charge in [-0.05, 0) is 37.7 Å². The minimum atomic E-state index is -2.86. The molecule has 1 aliphatic heterocycles. The van der Waals surface area contributed by atoms with Crippen molar-refractivity contribution in [2.24, 2.45) is 5.92 Å². The summed E-state index contributed by atoms with van der Waals surface area (Å²) in [6.45, 7) is 1.78.